The molecule has 7 nitrogen and oxygen atoms in total. The highest BCUT2D eigenvalue weighted by Crippen LogP contribution is 2.18. The molecule has 1 N–H and O–H groups in total. The Hall–Kier alpha value is -2.05. The molecule has 0 aromatic carbocycles. The number of aliphatic imine (C=N–C) groups is 1. The summed E-state index contributed by atoms with van der Waals surface area (Å²) in [6, 6.07) is 0. The van der Waals surface area contributed by atoms with Crippen molar-refractivity contribution in [1.29, 1.82) is 0 Å². The topological polar surface area (TPSA) is 65.8 Å². The van der Waals surface area contributed by atoms with Gasteiger partial charge in [0.15, 0.2) is 5.96 Å². The number of aromatic nitrogens is 2. The zero-order chi connectivity index (χ0) is 18.4. The van der Waals surface area contributed by atoms with Crippen LogP contribution in [0.5, 0.6) is 0 Å². The second-order valence-electron chi connectivity index (χ2n) is 6.98. The Morgan fingerprint density at radius 1 is 1.40 bits per heavy atom. The molecule has 0 unspecified atom stereocenters. The summed E-state index contributed by atoms with van der Waals surface area (Å²) in [6.45, 7) is 9.77. The summed E-state index contributed by atoms with van der Waals surface area (Å²) in [5.41, 5.74) is 2.30. The zero-order valence-electron chi connectivity index (χ0n) is 16.2. The maximum Gasteiger partial charge on any atom is 0.244 e. The summed E-state index contributed by atoms with van der Waals surface area (Å²) < 4.78 is 1.86. The molecule has 1 fully saturated rings. The van der Waals surface area contributed by atoms with Crippen molar-refractivity contribution in [2.45, 2.75) is 46.1 Å². The summed E-state index contributed by atoms with van der Waals surface area (Å²) in [7, 11) is 3.95. The minimum Gasteiger partial charge on any atom is -0.357 e. The van der Waals surface area contributed by atoms with Gasteiger partial charge >= 0.3 is 0 Å². The van der Waals surface area contributed by atoms with Gasteiger partial charge in [0.2, 0.25) is 5.91 Å². The van der Waals surface area contributed by atoms with Crippen molar-refractivity contribution in [2.24, 2.45) is 12.0 Å². The van der Waals surface area contributed by atoms with Crippen molar-refractivity contribution in [3.05, 3.63) is 17.5 Å². The number of guanidine groups is 1. The number of hydrogen-bond acceptors (Lipinski definition) is 3. The van der Waals surface area contributed by atoms with Crippen LogP contribution < -0.4 is 5.32 Å². The van der Waals surface area contributed by atoms with E-state index in [4.69, 9.17) is 0 Å². The number of amides is 1. The molecule has 0 radical (unpaired) electrons. The summed E-state index contributed by atoms with van der Waals surface area (Å²) >= 11 is 0. The van der Waals surface area contributed by atoms with Crippen LogP contribution in [0, 0.1) is 0 Å². The lowest BCUT2D eigenvalue weighted by molar-refractivity contribution is -0.128. The molecule has 25 heavy (non-hydrogen) atoms. The van der Waals surface area contributed by atoms with E-state index in [9.17, 15) is 4.79 Å². The Morgan fingerprint density at radius 2 is 2.08 bits per heavy atom. The van der Waals surface area contributed by atoms with Gasteiger partial charge in [0.1, 0.15) is 6.54 Å². The van der Waals surface area contributed by atoms with Gasteiger partial charge in [0, 0.05) is 52.0 Å². The van der Waals surface area contributed by atoms with Gasteiger partial charge in [-0.25, -0.2) is 4.99 Å². The summed E-state index contributed by atoms with van der Waals surface area (Å²) in [5, 5.41) is 7.85. The third kappa shape index (κ3) is 5.21. The van der Waals surface area contributed by atoms with Gasteiger partial charge in [-0.2, -0.15) is 5.10 Å². The lowest BCUT2D eigenvalue weighted by atomic mass is 10.1. The van der Waals surface area contributed by atoms with Gasteiger partial charge in [0.25, 0.3) is 0 Å². The minimum absolute atomic E-state index is 0.116. The second kappa shape index (κ2) is 8.87. The van der Waals surface area contributed by atoms with Crippen LogP contribution in [0.4, 0.5) is 0 Å². The smallest absolute Gasteiger partial charge is 0.244 e. The van der Waals surface area contributed by atoms with Crippen LogP contribution in [0.3, 0.4) is 0 Å². The number of rotatable bonds is 6. The first-order chi connectivity index (χ1) is 11.9. The molecular formula is C18H32N6O. The normalized spacial score (nSPS) is 15.1. The van der Waals surface area contributed by atoms with E-state index in [1.807, 2.05) is 30.6 Å². The fraction of sp³-hybridized carbons (Fsp3) is 0.722. The Balaban J connectivity index is 2.05. The molecule has 1 aliphatic heterocycles. The van der Waals surface area contributed by atoms with E-state index in [0.29, 0.717) is 12.5 Å². The standard InChI is InChI=1S/C18H32N6O/c1-6-19-18(20-11-16(25)24-9-7-8-10-24)22(4)12-15-13-23(5)21-17(15)14(2)3/h13-14H,6-12H2,1-5H3,(H,19,20). The van der Waals surface area contributed by atoms with Crippen molar-refractivity contribution in [2.75, 3.05) is 33.2 Å². The van der Waals surface area contributed by atoms with Crippen LogP contribution in [-0.2, 0) is 18.4 Å². The monoisotopic (exact) mass is 348 g/mol. The second-order valence-corrected chi connectivity index (χ2v) is 6.98. The number of likely N-dealkylation sites (tertiary alicyclic amines) is 1. The molecule has 0 atom stereocenters. The first-order valence-electron chi connectivity index (χ1n) is 9.22. The number of nitrogens with one attached hydrogen (secondary N) is 1. The fourth-order valence-electron chi connectivity index (χ4n) is 3.17. The molecule has 7 heteroatoms. The van der Waals surface area contributed by atoms with Gasteiger partial charge in [-0.1, -0.05) is 13.8 Å². The van der Waals surface area contributed by atoms with Crippen LogP contribution in [0.15, 0.2) is 11.2 Å². The highest BCUT2D eigenvalue weighted by Gasteiger charge is 2.19. The highest BCUT2D eigenvalue weighted by molar-refractivity contribution is 5.85. The predicted octanol–water partition coefficient (Wildman–Crippen LogP) is 1.56. The van der Waals surface area contributed by atoms with Gasteiger partial charge in [-0.3, -0.25) is 9.48 Å². The Kier molecular flexibility index (Phi) is 6.84. The van der Waals surface area contributed by atoms with Crippen LogP contribution >= 0.6 is 0 Å². The van der Waals surface area contributed by atoms with Crippen LogP contribution in [0.1, 0.15) is 50.8 Å². The third-order valence-electron chi connectivity index (χ3n) is 4.41. The average Bonchev–Trinajstić information content (AvgIpc) is 3.20. The van der Waals surface area contributed by atoms with E-state index in [-0.39, 0.29) is 12.5 Å². The molecule has 2 rings (SSSR count). The lowest BCUT2D eigenvalue weighted by Gasteiger charge is -2.23. The summed E-state index contributed by atoms with van der Waals surface area (Å²) in [5.74, 6) is 1.25. The Labute approximate surface area is 151 Å². The van der Waals surface area contributed by atoms with E-state index in [1.165, 1.54) is 5.56 Å². The van der Waals surface area contributed by atoms with Gasteiger partial charge in [-0.05, 0) is 25.7 Å². The molecule has 0 bridgehead atoms. The van der Waals surface area contributed by atoms with Crippen molar-refractivity contribution in [1.82, 2.24) is 24.9 Å². The first kappa shape index (κ1) is 19.3. The molecule has 1 aromatic rings. The molecule has 0 saturated carbocycles. The van der Waals surface area contributed by atoms with E-state index < -0.39 is 0 Å². The quantitative estimate of drug-likeness (QED) is 0.626. The maximum atomic E-state index is 12.2. The molecule has 1 saturated heterocycles. The molecule has 1 amide bonds. The van der Waals surface area contributed by atoms with Crippen LogP contribution in [-0.4, -0.2) is 64.7 Å². The van der Waals surface area contributed by atoms with Crippen LogP contribution in [0.25, 0.3) is 0 Å². The number of carbonyl (C=O) groups is 1. The summed E-state index contributed by atoms with van der Waals surface area (Å²) in [6.07, 6.45) is 4.27. The van der Waals surface area contributed by atoms with E-state index >= 15 is 0 Å². The van der Waals surface area contributed by atoms with Gasteiger partial charge in [-0.15, -0.1) is 0 Å². The zero-order valence-corrected chi connectivity index (χ0v) is 16.2. The molecule has 1 aliphatic rings. The van der Waals surface area contributed by atoms with Crippen molar-refractivity contribution in [3.8, 4) is 0 Å². The molecule has 0 spiro atoms. The predicted molar refractivity (Wildman–Crippen MR) is 101 cm³/mol. The maximum absolute atomic E-state index is 12.2. The lowest BCUT2D eigenvalue weighted by Crippen LogP contribution is -2.40. The SMILES string of the molecule is CCNC(=NCC(=O)N1CCCC1)N(C)Cc1cn(C)nc1C(C)C. The minimum atomic E-state index is 0.116. The van der Waals surface area contributed by atoms with Crippen molar-refractivity contribution >= 4 is 11.9 Å². The molecule has 0 aliphatic carbocycles. The number of carbonyl (C=O) groups excluding carboxylic acids is 1. The number of nitrogens with zero attached hydrogens (tertiary/aromatic N) is 5. The van der Waals surface area contributed by atoms with Crippen LogP contribution in [0.2, 0.25) is 0 Å². The summed E-state index contributed by atoms with van der Waals surface area (Å²) in [4.78, 5) is 20.8. The molecule has 140 valence electrons. The Bertz CT molecular complexity index is 601. The first-order valence-corrected chi connectivity index (χ1v) is 9.22. The molecule has 2 heterocycles. The van der Waals surface area contributed by atoms with Crippen molar-refractivity contribution in [3.63, 3.8) is 0 Å². The average molecular weight is 348 g/mol. The number of aryl methyl sites for hydroxylation is 1. The molecule has 1 aromatic heterocycles. The Morgan fingerprint density at radius 3 is 2.68 bits per heavy atom. The third-order valence-corrected chi connectivity index (χ3v) is 4.41. The number of hydrogen-bond donors (Lipinski definition) is 1. The fourth-order valence-corrected chi connectivity index (χ4v) is 3.17. The van der Waals surface area contributed by atoms with Gasteiger partial charge < -0.3 is 15.1 Å². The van der Waals surface area contributed by atoms with E-state index in [1.54, 1.807) is 0 Å². The van der Waals surface area contributed by atoms with E-state index in [2.05, 4.69) is 40.4 Å². The van der Waals surface area contributed by atoms with Gasteiger partial charge in [0.05, 0.1) is 5.69 Å². The van der Waals surface area contributed by atoms with E-state index in [0.717, 1.165) is 44.1 Å². The van der Waals surface area contributed by atoms with Crippen molar-refractivity contribution < 1.29 is 4.79 Å². The largest absolute Gasteiger partial charge is 0.357 e. The highest BCUT2D eigenvalue weighted by atomic mass is 16.2. The molecular weight excluding hydrogens is 316 g/mol.